The fourth-order valence-electron chi connectivity index (χ4n) is 4.30. The molecule has 0 saturated carbocycles. The molecule has 160 valence electrons. The lowest BCUT2D eigenvalue weighted by Crippen LogP contribution is -2.57. The van der Waals surface area contributed by atoms with Crippen LogP contribution in [0.25, 0.3) is 0 Å². The van der Waals surface area contributed by atoms with Crippen LogP contribution in [0.5, 0.6) is 11.5 Å². The molecule has 5 rings (SSSR count). The molecule has 2 aliphatic rings. The number of carbonyl (C=O) groups excluding carboxylic acids is 1. The number of benzene rings is 2. The molecule has 31 heavy (non-hydrogen) atoms. The summed E-state index contributed by atoms with van der Waals surface area (Å²) >= 11 is 1.66. The Labute approximate surface area is 186 Å². The molecule has 2 aliphatic heterocycles. The summed E-state index contributed by atoms with van der Waals surface area (Å²) in [5.41, 5.74) is 0.456. The zero-order chi connectivity index (χ0) is 21.1. The van der Waals surface area contributed by atoms with Crippen molar-refractivity contribution in [2.45, 2.75) is 18.4 Å². The number of hydrogen-bond acceptors (Lipinski definition) is 6. The molecule has 2 saturated heterocycles. The van der Waals surface area contributed by atoms with E-state index in [0.29, 0.717) is 31.0 Å². The van der Waals surface area contributed by atoms with Crippen LogP contribution in [0.15, 0.2) is 66.2 Å². The van der Waals surface area contributed by atoms with Crippen LogP contribution in [0.4, 0.5) is 5.13 Å². The van der Waals surface area contributed by atoms with E-state index in [9.17, 15) is 4.79 Å². The van der Waals surface area contributed by atoms with Crippen LogP contribution in [-0.2, 0) is 4.74 Å². The topological polar surface area (TPSA) is 54.9 Å². The summed E-state index contributed by atoms with van der Waals surface area (Å²) in [5.74, 6) is 1.47. The molecule has 3 aromatic rings. The number of amides is 1. The van der Waals surface area contributed by atoms with Gasteiger partial charge in [0.25, 0.3) is 5.91 Å². The number of thiazole rings is 1. The second kappa shape index (κ2) is 8.69. The predicted molar refractivity (Wildman–Crippen MR) is 121 cm³/mol. The highest BCUT2D eigenvalue weighted by Gasteiger charge is 2.41. The Balaban J connectivity index is 1.23. The van der Waals surface area contributed by atoms with Crippen molar-refractivity contribution in [2.75, 3.05) is 37.7 Å². The third kappa shape index (κ3) is 4.43. The Morgan fingerprint density at radius 1 is 1.03 bits per heavy atom. The molecule has 6 nitrogen and oxygen atoms in total. The average molecular weight is 436 g/mol. The number of piperidine rings is 1. The van der Waals surface area contributed by atoms with Crippen molar-refractivity contribution in [1.29, 1.82) is 0 Å². The van der Waals surface area contributed by atoms with Gasteiger partial charge in [-0.25, -0.2) is 4.98 Å². The Hall–Kier alpha value is -2.90. The first kappa shape index (κ1) is 20.0. The Morgan fingerprint density at radius 2 is 1.84 bits per heavy atom. The molecule has 0 bridgehead atoms. The van der Waals surface area contributed by atoms with Gasteiger partial charge in [0.2, 0.25) is 0 Å². The van der Waals surface area contributed by atoms with Crippen molar-refractivity contribution in [2.24, 2.45) is 0 Å². The number of nitrogens with zero attached hydrogens (tertiary/aromatic N) is 3. The number of morpholine rings is 1. The maximum atomic E-state index is 13.1. The van der Waals surface area contributed by atoms with Crippen LogP contribution in [0.2, 0.25) is 0 Å². The largest absolute Gasteiger partial charge is 0.457 e. The fourth-order valence-corrected chi connectivity index (χ4v) is 4.97. The van der Waals surface area contributed by atoms with Crippen LogP contribution in [0.1, 0.15) is 23.2 Å². The molecule has 1 spiro atoms. The minimum atomic E-state index is -0.195. The SMILES string of the molecule is O=C(c1cccc(Oc2ccccc2)c1)N1CCC2(CC1)CN(c1nccs1)CCO2. The third-order valence-corrected chi connectivity index (χ3v) is 6.79. The molecule has 3 heterocycles. The Morgan fingerprint density at radius 3 is 2.61 bits per heavy atom. The van der Waals surface area contributed by atoms with E-state index in [2.05, 4.69) is 9.88 Å². The summed E-state index contributed by atoms with van der Waals surface area (Å²) in [6.45, 7) is 3.78. The number of para-hydroxylation sites is 1. The van der Waals surface area contributed by atoms with Crippen LogP contribution < -0.4 is 9.64 Å². The van der Waals surface area contributed by atoms with Gasteiger partial charge in [-0.05, 0) is 43.2 Å². The van der Waals surface area contributed by atoms with Crippen molar-refractivity contribution < 1.29 is 14.3 Å². The molecule has 0 aliphatic carbocycles. The van der Waals surface area contributed by atoms with E-state index >= 15 is 0 Å². The van der Waals surface area contributed by atoms with Gasteiger partial charge in [-0.3, -0.25) is 4.79 Å². The van der Waals surface area contributed by atoms with Crippen LogP contribution in [0.3, 0.4) is 0 Å². The van der Waals surface area contributed by atoms with Crippen LogP contribution >= 0.6 is 11.3 Å². The molecule has 0 N–H and O–H groups in total. The van der Waals surface area contributed by atoms with Gasteiger partial charge in [-0.1, -0.05) is 24.3 Å². The highest BCUT2D eigenvalue weighted by Crippen LogP contribution is 2.33. The average Bonchev–Trinajstić information content (AvgIpc) is 3.35. The van der Waals surface area contributed by atoms with Gasteiger partial charge >= 0.3 is 0 Å². The minimum Gasteiger partial charge on any atom is -0.457 e. The summed E-state index contributed by atoms with van der Waals surface area (Å²) in [7, 11) is 0. The van der Waals surface area contributed by atoms with E-state index in [1.807, 2.05) is 71.1 Å². The van der Waals surface area contributed by atoms with E-state index < -0.39 is 0 Å². The van der Waals surface area contributed by atoms with E-state index in [4.69, 9.17) is 9.47 Å². The molecule has 0 radical (unpaired) electrons. The molecule has 7 heteroatoms. The smallest absolute Gasteiger partial charge is 0.253 e. The van der Waals surface area contributed by atoms with Gasteiger partial charge in [-0.15, -0.1) is 11.3 Å². The van der Waals surface area contributed by atoms with Gasteiger partial charge < -0.3 is 19.3 Å². The summed E-state index contributed by atoms with van der Waals surface area (Å²) in [5, 5.41) is 3.06. The van der Waals surface area contributed by atoms with Gasteiger partial charge in [0.15, 0.2) is 5.13 Å². The fraction of sp³-hybridized carbons (Fsp3) is 0.333. The highest BCUT2D eigenvalue weighted by atomic mass is 32.1. The number of anilines is 1. The van der Waals surface area contributed by atoms with Crippen molar-refractivity contribution >= 4 is 22.4 Å². The maximum absolute atomic E-state index is 13.1. The van der Waals surface area contributed by atoms with Gasteiger partial charge in [-0.2, -0.15) is 0 Å². The van der Waals surface area contributed by atoms with E-state index in [1.165, 1.54) is 0 Å². The van der Waals surface area contributed by atoms with Crippen LogP contribution in [0, 0.1) is 0 Å². The molecule has 1 aromatic heterocycles. The molecule has 0 atom stereocenters. The van der Waals surface area contributed by atoms with Crippen molar-refractivity contribution in [3.63, 3.8) is 0 Å². The van der Waals surface area contributed by atoms with Gasteiger partial charge in [0.1, 0.15) is 11.5 Å². The first-order valence-electron chi connectivity index (χ1n) is 10.6. The first-order chi connectivity index (χ1) is 15.2. The summed E-state index contributed by atoms with van der Waals surface area (Å²) < 4.78 is 12.1. The number of hydrogen-bond donors (Lipinski definition) is 0. The second-order valence-corrected chi connectivity index (χ2v) is 8.88. The lowest BCUT2D eigenvalue weighted by Gasteiger charge is -2.47. The predicted octanol–water partition coefficient (Wildman–Crippen LogP) is 4.45. The Bertz CT molecular complexity index is 1020. The lowest BCUT2D eigenvalue weighted by atomic mass is 9.89. The zero-order valence-corrected chi connectivity index (χ0v) is 18.1. The molecule has 2 fully saturated rings. The van der Waals surface area contributed by atoms with Crippen LogP contribution in [-0.4, -0.2) is 54.2 Å². The number of rotatable bonds is 4. The second-order valence-electron chi connectivity index (χ2n) is 8.00. The number of aromatic nitrogens is 1. The minimum absolute atomic E-state index is 0.0425. The van der Waals surface area contributed by atoms with Gasteiger partial charge in [0.05, 0.1) is 12.2 Å². The third-order valence-electron chi connectivity index (χ3n) is 5.96. The number of likely N-dealkylation sites (tertiary alicyclic amines) is 1. The quantitative estimate of drug-likeness (QED) is 0.606. The number of carbonyl (C=O) groups is 1. The zero-order valence-electron chi connectivity index (χ0n) is 17.3. The highest BCUT2D eigenvalue weighted by molar-refractivity contribution is 7.13. The standard InChI is InChI=1S/C24H25N3O3S/c28-22(19-5-4-8-21(17-19)30-20-6-2-1-3-7-20)26-12-9-24(10-13-26)18-27(14-15-29-24)23-25-11-16-31-23/h1-8,11,16-17H,9-10,12-15,18H2. The monoisotopic (exact) mass is 435 g/mol. The van der Waals surface area contributed by atoms with Crippen molar-refractivity contribution in [3.05, 3.63) is 71.7 Å². The summed E-state index contributed by atoms with van der Waals surface area (Å²) in [4.78, 5) is 21.8. The normalized spacial score (nSPS) is 18.2. The summed E-state index contributed by atoms with van der Waals surface area (Å²) in [6.07, 6.45) is 3.51. The van der Waals surface area contributed by atoms with E-state index in [0.717, 1.165) is 36.8 Å². The number of ether oxygens (including phenoxy) is 2. The molecular formula is C24H25N3O3S. The maximum Gasteiger partial charge on any atom is 0.253 e. The molecule has 1 amide bonds. The molecular weight excluding hydrogens is 410 g/mol. The van der Waals surface area contributed by atoms with E-state index in [1.54, 1.807) is 11.3 Å². The Kier molecular flexibility index (Phi) is 5.61. The molecule has 0 unspecified atom stereocenters. The first-order valence-corrected chi connectivity index (χ1v) is 11.5. The lowest BCUT2D eigenvalue weighted by molar-refractivity contribution is -0.0868. The van der Waals surface area contributed by atoms with Crippen molar-refractivity contribution in [3.8, 4) is 11.5 Å². The van der Waals surface area contributed by atoms with Crippen molar-refractivity contribution in [1.82, 2.24) is 9.88 Å². The summed E-state index contributed by atoms with van der Waals surface area (Å²) in [6, 6.07) is 17.0. The van der Waals surface area contributed by atoms with Gasteiger partial charge in [0, 0.05) is 43.3 Å². The molecule has 2 aromatic carbocycles. The van der Waals surface area contributed by atoms with E-state index in [-0.39, 0.29) is 11.5 Å².